The number of rotatable bonds is 8. The van der Waals surface area contributed by atoms with Gasteiger partial charge in [0.25, 0.3) is 5.56 Å². The lowest BCUT2D eigenvalue weighted by molar-refractivity contribution is 0.190. The molecule has 1 aromatic carbocycles. The van der Waals surface area contributed by atoms with Crippen LogP contribution < -0.4 is 15.6 Å². The van der Waals surface area contributed by atoms with E-state index in [4.69, 9.17) is 21.8 Å². The minimum atomic E-state index is -0.186. The number of aryl methyl sites for hydroxylation is 1. The zero-order valence-corrected chi connectivity index (χ0v) is 23.5. The number of aromatic nitrogens is 3. The van der Waals surface area contributed by atoms with Crippen LogP contribution in [0.25, 0.3) is 11.0 Å². The Bertz CT molecular complexity index is 1260. The number of fused-ring (bicyclic) bond motifs is 1. The van der Waals surface area contributed by atoms with Crippen LogP contribution in [0.15, 0.2) is 40.2 Å². The van der Waals surface area contributed by atoms with E-state index in [1.165, 1.54) is 44.1 Å². The Morgan fingerprint density at radius 3 is 2.47 bits per heavy atom. The van der Waals surface area contributed by atoms with Crippen LogP contribution in [-0.4, -0.2) is 44.5 Å². The fourth-order valence-corrected chi connectivity index (χ4v) is 6.10. The molecule has 0 radical (unpaired) electrons. The molecule has 10 heteroatoms. The molecule has 5 rings (SSSR count). The maximum atomic E-state index is 12.8. The van der Waals surface area contributed by atoms with E-state index in [1.807, 2.05) is 25.1 Å². The summed E-state index contributed by atoms with van der Waals surface area (Å²) >= 11 is 7.67. The first-order chi connectivity index (χ1) is 18.5. The van der Waals surface area contributed by atoms with Crippen molar-refractivity contribution in [2.45, 2.75) is 75.6 Å². The zero-order valence-electron chi connectivity index (χ0n) is 22.0. The average molecular weight is 560 g/mol. The summed E-state index contributed by atoms with van der Waals surface area (Å²) in [5, 5.41) is 21.8. The number of hydrogen-bond donors (Lipinski definition) is 4. The highest BCUT2D eigenvalue weighted by molar-refractivity contribution is 7.97. The lowest BCUT2D eigenvalue weighted by Gasteiger charge is -2.18. The van der Waals surface area contributed by atoms with Crippen molar-refractivity contribution in [3.05, 3.63) is 51.4 Å². The second kappa shape index (κ2) is 14.3. The Hall–Kier alpha value is -2.17. The Morgan fingerprint density at radius 1 is 1.08 bits per heavy atom. The first-order valence-corrected chi connectivity index (χ1v) is 14.8. The fourth-order valence-electron chi connectivity index (χ4n) is 5.16. The minimum absolute atomic E-state index is 0.0993. The van der Waals surface area contributed by atoms with Crippen LogP contribution in [0.1, 0.15) is 69.4 Å². The van der Waals surface area contributed by atoms with E-state index in [9.17, 15) is 4.79 Å². The molecular weight excluding hydrogens is 522 g/mol. The molecule has 2 heterocycles. The molecule has 2 saturated carbocycles. The molecule has 2 aromatic heterocycles. The molecule has 8 nitrogen and oxygen atoms in total. The monoisotopic (exact) mass is 559 g/mol. The summed E-state index contributed by atoms with van der Waals surface area (Å²) in [5.41, 5.74) is 2.36. The van der Waals surface area contributed by atoms with Gasteiger partial charge in [0.05, 0.1) is 6.61 Å². The highest BCUT2D eigenvalue weighted by Crippen LogP contribution is 2.31. The van der Waals surface area contributed by atoms with E-state index in [0.29, 0.717) is 30.7 Å². The van der Waals surface area contributed by atoms with Crippen LogP contribution in [0.2, 0.25) is 5.02 Å². The molecule has 0 atom stereocenters. The lowest BCUT2D eigenvalue weighted by Crippen LogP contribution is -2.25. The van der Waals surface area contributed by atoms with E-state index in [1.54, 1.807) is 16.8 Å². The Labute approximate surface area is 233 Å². The summed E-state index contributed by atoms with van der Waals surface area (Å²) in [6, 6.07) is 7.78. The van der Waals surface area contributed by atoms with Crippen molar-refractivity contribution in [2.24, 2.45) is 5.92 Å². The maximum Gasteiger partial charge on any atom is 0.271 e. The van der Waals surface area contributed by atoms with E-state index in [-0.39, 0.29) is 23.2 Å². The van der Waals surface area contributed by atoms with Crippen molar-refractivity contribution >= 4 is 46.2 Å². The van der Waals surface area contributed by atoms with E-state index in [0.717, 1.165) is 47.2 Å². The van der Waals surface area contributed by atoms with Gasteiger partial charge in [-0.15, -0.1) is 0 Å². The molecule has 2 aliphatic rings. The van der Waals surface area contributed by atoms with Crippen molar-refractivity contribution < 1.29 is 10.2 Å². The van der Waals surface area contributed by atoms with Gasteiger partial charge >= 0.3 is 0 Å². The normalized spacial score (nSPS) is 16.4. The van der Waals surface area contributed by atoms with Crippen molar-refractivity contribution in [3.8, 4) is 0 Å². The first-order valence-electron chi connectivity index (χ1n) is 13.6. The zero-order chi connectivity index (χ0) is 26.9. The number of aliphatic hydroxyl groups excluding tert-OH is 2. The number of nitrogens with zero attached hydrogens (tertiary/aromatic N) is 3. The smallest absolute Gasteiger partial charge is 0.271 e. The van der Waals surface area contributed by atoms with Crippen molar-refractivity contribution in [2.75, 3.05) is 25.1 Å². The largest absolute Gasteiger partial charge is 0.396 e. The molecule has 2 aliphatic carbocycles. The molecule has 3 aromatic rings. The number of aliphatic hydroxyl groups is 2. The standard InChI is InChI=1S/C21H24ClN5O2S.C7H14O/c1-13-10-16(30-24-8-9-28)6-7-18(13)25-21-23-12-14-11-17(22)20(29)27(19(14)26-21)15-4-2-3-5-15;8-6-7-4-2-1-3-5-7/h6-7,10-12,15,24,28H,2-5,8-9H2,1H3,(H,23,25,26);7-8H,1-6H2. The number of nitrogens with one attached hydrogen (secondary N) is 2. The summed E-state index contributed by atoms with van der Waals surface area (Å²) in [5.74, 6) is 1.08. The van der Waals surface area contributed by atoms with E-state index < -0.39 is 0 Å². The molecule has 0 aliphatic heterocycles. The molecule has 0 amide bonds. The SMILES string of the molecule is Cc1cc(SNCCO)ccc1Nc1ncc2cc(Cl)c(=O)n(C3CCCC3)c2n1.OCC1CCCCC1. The topological polar surface area (TPSA) is 112 Å². The number of halogens is 1. The van der Waals surface area contributed by atoms with Crippen LogP contribution in [-0.2, 0) is 0 Å². The number of anilines is 2. The predicted molar refractivity (Wildman–Crippen MR) is 155 cm³/mol. The molecule has 0 saturated heterocycles. The minimum Gasteiger partial charge on any atom is -0.396 e. The van der Waals surface area contributed by atoms with Gasteiger partial charge in [-0.2, -0.15) is 4.98 Å². The lowest BCUT2D eigenvalue weighted by atomic mass is 9.90. The van der Waals surface area contributed by atoms with Crippen LogP contribution in [0.5, 0.6) is 0 Å². The van der Waals surface area contributed by atoms with Crippen LogP contribution in [0.3, 0.4) is 0 Å². The summed E-state index contributed by atoms with van der Waals surface area (Å²) in [6.45, 7) is 3.05. The third-order valence-corrected chi connectivity index (χ3v) is 8.36. The Morgan fingerprint density at radius 2 is 1.82 bits per heavy atom. The predicted octanol–water partition coefficient (Wildman–Crippen LogP) is 5.76. The number of benzene rings is 1. The van der Waals surface area contributed by atoms with E-state index in [2.05, 4.69) is 20.0 Å². The average Bonchev–Trinajstić information content (AvgIpc) is 3.46. The third kappa shape index (κ3) is 7.48. The first kappa shape index (κ1) is 28.8. The van der Waals surface area contributed by atoms with Gasteiger partial charge in [-0.05, 0) is 80.3 Å². The highest BCUT2D eigenvalue weighted by Gasteiger charge is 2.22. The van der Waals surface area contributed by atoms with Crippen molar-refractivity contribution in [3.63, 3.8) is 0 Å². The van der Waals surface area contributed by atoms with Gasteiger partial charge in [0, 0.05) is 41.4 Å². The molecule has 0 unspecified atom stereocenters. The number of hydrogen-bond acceptors (Lipinski definition) is 8. The summed E-state index contributed by atoms with van der Waals surface area (Å²) in [4.78, 5) is 22.9. The third-order valence-electron chi connectivity index (χ3n) is 7.25. The van der Waals surface area contributed by atoms with Gasteiger partial charge in [0.1, 0.15) is 10.7 Å². The second-order valence-electron chi connectivity index (χ2n) is 10.1. The van der Waals surface area contributed by atoms with Gasteiger partial charge in [-0.3, -0.25) is 14.1 Å². The van der Waals surface area contributed by atoms with Crippen LogP contribution in [0.4, 0.5) is 11.6 Å². The molecule has 4 N–H and O–H groups in total. The van der Waals surface area contributed by atoms with E-state index >= 15 is 0 Å². The van der Waals surface area contributed by atoms with Crippen LogP contribution >= 0.6 is 23.5 Å². The number of pyridine rings is 1. The van der Waals surface area contributed by atoms with Gasteiger partial charge < -0.3 is 15.5 Å². The molecule has 206 valence electrons. The van der Waals surface area contributed by atoms with Crippen LogP contribution in [0, 0.1) is 12.8 Å². The van der Waals surface area contributed by atoms with Gasteiger partial charge in [0.15, 0.2) is 0 Å². The molecule has 38 heavy (non-hydrogen) atoms. The highest BCUT2D eigenvalue weighted by atomic mass is 35.5. The summed E-state index contributed by atoms with van der Waals surface area (Å²) < 4.78 is 4.84. The molecule has 0 bridgehead atoms. The Balaban J connectivity index is 0.000000360. The van der Waals surface area contributed by atoms with Gasteiger partial charge in [-0.25, -0.2) is 4.98 Å². The Kier molecular flexibility index (Phi) is 10.8. The second-order valence-corrected chi connectivity index (χ2v) is 11.5. The summed E-state index contributed by atoms with van der Waals surface area (Å²) in [6.07, 6.45) is 12.4. The van der Waals surface area contributed by atoms with Crippen molar-refractivity contribution in [1.82, 2.24) is 19.3 Å². The quantitative estimate of drug-likeness (QED) is 0.203. The fraction of sp³-hybridized carbons (Fsp3) is 0.536. The van der Waals surface area contributed by atoms with Gasteiger partial charge in [0.2, 0.25) is 5.95 Å². The van der Waals surface area contributed by atoms with Gasteiger partial charge in [-0.1, -0.05) is 43.7 Å². The molecular formula is C28H38ClN5O3S. The molecule has 0 spiro atoms. The summed E-state index contributed by atoms with van der Waals surface area (Å²) in [7, 11) is 0. The van der Waals surface area contributed by atoms with Crippen molar-refractivity contribution in [1.29, 1.82) is 0 Å². The molecule has 2 fully saturated rings. The maximum absolute atomic E-state index is 12.8.